The molecule has 0 aromatic heterocycles. The summed E-state index contributed by atoms with van der Waals surface area (Å²) in [6.07, 6.45) is 0.811. The SMILES string of the molecule is CC(CCC(=O)O)c1ccccc1Cl. The van der Waals surface area contributed by atoms with Gasteiger partial charge < -0.3 is 5.11 Å². The van der Waals surface area contributed by atoms with E-state index in [0.29, 0.717) is 11.4 Å². The first-order valence-corrected chi connectivity index (χ1v) is 4.95. The van der Waals surface area contributed by atoms with Gasteiger partial charge in [0.25, 0.3) is 0 Å². The van der Waals surface area contributed by atoms with Crippen molar-refractivity contribution in [2.75, 3.05) is 0 Å². The molecule has 0 aliphatic heterocycles. The quantitative estimate of drug-likeness (QED) is 0.832. The standard InChI is InChI=1S/C11H13ClO2/c1-8(6-7-11(13)14)9-4-2-3-5-10(9)12/h2-5,8H,6-7H2,1H3,(H,13,14). The van der Waals surface area contributed by atoms with E-state index in [2.05, 4.69) is 0 Å². The summed E-state index contributed by atoms with van der Waals surface area (Å²) in [7, 11) is 0. The summed E-state index contributed by atoms with van der Waals surface area (Å²) in [4.78, 5) is 10.4. The lowest BCUT2D eigenvalue weighted by atomic mass is 9.96. The maximum Gasteiger partial charge on any atom is 0.303 e. The monoisotopic (exact) mass is 212 g/mol. The van der Waals surface area contributed by atoms with Gasteiger partial charge in [0.1, 0.15) is 0 Å². The van der Waals surface area contributed by atoms with Crippen LogP contribution >= 0.6 is 11.6 Å². The van der Waals surface area contributed by atoms with Gasteiger partial charge in [-0.15, -0.1) is 0 Å². The number of hydrogen-bond acceptors (Lipinski definition) is 1. The maximum absolute atomic E-state index is 10.4. The van der Waals surface area contributed by atoms with Crippen molar-refractivity contribution in [1.29, 1.82) is 0 Å². The molecule has 3 heteroatoms. The van der Waals surface area contributed by atoms with Gasteiger partial charge in [0.05, 0.1) is 0 Å². The summed E-state index contributed by atoms with van der Waals surface area (Å²) in [5.41, 5.74) is 1.02. The third-order valence-corrected chi connectivity index (χ3v) is 2.57. The smallest absolute Gasteiger partial charge is 0.303 e. The molecular weight excluding hydrogens is 200 g/mol. The van der Waals surface area contributed by atoms with E-state index in [0.717, 1.165) is 5.56 Å². The Balaban J connectivity index is 2.65. The average Bonchev–Trinajstić information content (AvgIpc) is 2.15. The van der Waals surface area contributed by atoms with Crippen LogP contribution in [-0.4, -0.2) is 11.1 Å². The summed E-state index contributed by atoms with van der Waals surface area (Å²) in [5, 5.41) is 9.26. The van der Waals surface area contributed by atoms with Crippen LogP contribution in [0.1, 0.15) is 31.2 Å². The van der Waals surface area contributed by atoms with Gasteiger partial charge in [-0.2, -0.15) is 0 Å². The molecule has 0 saturated heterocycles. The van der Waals surface area contributed by atoms with Crippen LogP contribution in [-0.2, 0) is 4.79 Å². The second-order valence-electron chi connectivity index (χ2n) is 3.35. The number of carboxylic acid groups (broad SMARTS) is 1. The zero-order valence-electron chi connectivity index (χ0n) is 8.03. The molecule has 1 aromatic carbocycles. The Morgan fingerprint density at radius 3 is 2.71 bits per heavy atom. The summed E-state index contributed by atoms with van der Waals surface area (Å²) in [5.74, 6) is -0.566. The fraction of sp³-hybridized carbons (Fsp3) is 0.364. The molecule has 1 aromatic rings. The molecule has 0 aliphatic carbocycles. The lowest BCUT2D eigenvalue weighted by Crippen LogP contribution is -2.00. The van der Waals surface area contributed by atoms with Gasteiger partial charge in [-0.25, -0.2) is 0 Å². The van der Waals surface area contributed by atoms with Crippen LogP contribution in [0.4, 0.5) is 0 Å². The number of rotatable bonds is 4. The van der Waals surface area contributed by atoms with E-state index in [9.17, 15) is 4.79 Å². The van der Waals surface area contributed by atoms with Gasteiger partial charge in [0, 0.05) is 11.4 Å². The number of benzene rings is 1. The molecule has 0 aliphatic rings. The zero-order valence-corrected chi connectivity index (χ0v) is 8.79. The van der Waals surface area contributed by atoms with Crippen molar-refractivity contribution < 1.29 is 9.90 Å². The lowest BCUT2D eigenvalue weighted by molar-refractivity contribution is -0.137. The van der Waals surface area contributed by atoms with Gasteiger partial charge in [-0.3, -0.25) is 4.79 Å². The second-order valence-corrected chi connectivity index (χ2v) is 3.76. The molecule has 1 atom stereocenters. The van der Waals surface area contributed by atoms with Crippen LogP contribution in [0, 0.1) is 0 Å². The van der Waals surface area contributed by atoms with Crippen LogP contribution in [0.5, 0.6) is 0 Å². The number of aliphatic carboxylic acids is 1. The molecular formula is C11H13ClO2. The summed E-state index contributed by atoms with van der Waals surface area (Å²) in [6.45, 7) is 1.99. The molecule has 0 saturated carbocycles. The molecule has 1 N–H and O–H groups in total. The zero-order chi connectivity index (χ0) is 10.6. The normalized spacial score (nSPS) is 12.4. The lowest BCUT2D eigenvalue weighted by Gasteiger charge is -2.11. The number of hydrogen-bond donors (Lipinski definition) is 1. The van der Waals surface area contributed by atoms with Crippen molar-refractivity contribution in [3.63, 3.8) is 0 Å². The highest BCUT2D eigenvalue weighted by molar-refractivity contribution is 6.31. The maximum atomic E-state index is 10.4. The van der Waals surface area contributed by atoms with Crippen molar-refractivity contribution in [3.05, 3.63) is 34.9 Å². The van der Waals surface area contributed by atoms with Gasteiger partial charge in [0.2, 0.25) is 0 Å². The highest BCUT2D eigenvalue weighted by atomic mass is 35.5. The fourth-order valence-corrected chi connectivity index (χ4v) is 1.69. The van der Waals surface area contributed by atoms with E-state index in [4.69, 9.17) is 16.7 Å². The summed E-state index contributed by atoms with van der Waals surface area (Å²) in [6, 6.07) is 7.55. The Morgan fingerprint density at radius 1 is 1.50 bits per heavy atom. The van der Waals surface area contributed by atoms with Gasteiger partial charge in [-0.1, -0.05) is 36.7 Å². The molecule has 0 spiro atoms. The van der Waals surface area contributed by atoms with E-state index in [1.165, 1.54) is 0 Å². The molecule has 0 radical (unpaired) electrons. The molecule has 76 valence electrons. The molecule has 0 fully saturated rings. The first-order chi connectivity index (χ1) is 6.61. The van der Waals surface area contributed by atoms with Crippen LogP contribution in [0.3, 0.4) is 0 Å². The molecule has 1 rings (SSSR count). The topological polar surface area (TPSA) is 37.3 Å². The van der Waals surface area contributed by atoms with Gasteiger partial charge >= 0.3 is 5.97 Å². The molecule has 2 nitrogen and oxygen atoms in total. The van der Waals surface area contributed by atoms with Crippen molar-refractivity contribution in [2.45, 2.75) is 25.7 Å². The van der Waals surface area contributed by atoms with E-state index < -0.39 is 5.97 Å². The highest BCUT2D eigenvalue weighted by Gasteiger charge is 2.10. The van der Waals surface area contributed by atoms with Crippen LogP contribution in [0.2, 0.25) is 5.02 Å². The molecule has 0 bridgehead atoms. The Morgan fingerprint density at radius 2 is 2.14 bits per heavy atom. The van der Waals surface area contributed by atoms with E-state index in [1.807, 2.05) is 31.2 Å². The van der Waals surface area contributed by atoms with E-state index in [1.54, 1.807) is 0 Å². The number of carbonyl (C=O) groups is 1. The van der Waals surface area contributed by atoms with Gasteiger partial charge in [0.15, 0.2) is 0 Å². The Kier molecular flexibility index (Phi) is 3.96. The van der Waals surface area contributed by atoms with Crippen molar-refractivity contribution in [2.24, 2.45) is 0 Å². The number of halogens is 1. The first-order valence-electron chi connectivity index (χ1n) is 4.57. The Bertz CT molecular complexity index is 323. The Hall–Kier alpha value is -1.02. The molecule has 0 amide bonds. The van der Waals surface area contributed by atoms with Crippen LogP contribution in [0.15, 0.2) is 24.3 Å². The van der Waals surface area contributed by atoms with Crippen molar-refractivity contribution in [1.82, 2.24) is 0 Å². The van der Waals surface area contributed by atoms with E-state index in [-0.39, 0.29) is 12.3 Å². The minimum atomic E-state index is -0.760. The van der Waals surface area contributed by atoms with Crippen molar-refractivity contribution in [3.8, 4) is 0 Å². The second kappa shape index (κ2) is 5.01. The molecule has 14 heavy (non-hydrogen) atoms. The number of carboxylic acids is 1. The van der Waals surface area contributed by atoms with Gasteiger partial charge in [-0.05, 0) is 24.0 Å². The third-order valence-electron chi connectivity index (χ3n) is 2.23. The average molecular weight is 213 g/mol. The van der Waals surface area contributed by atoms with Crippen LogP contribution < -0.4 is 0 Å². The van der Waals surface area contributed by atoms with Crippen LogP contribution in [0.25, 0.3) is 0 Å². The molecule has 0 heterocycles. The molecule has 1 unspecified atom stereocenters. The fourth-order valence-electron chi connectivity index (χ4n) is 1.37. The third kappa shape index (κ3) is 3.04. The summed E-state index contributed by atoms with van der Waals surface area (Å²) >= 11 is 5.99. The largest absolute Gasteiger partial charge is 0.481 e. The highest BCUT2D eigenvalue weighted by Crippen LogP contribution is 2.27. The van der Waals surface area contributed by atoms with E-state index >= 15 is 0 Å². The van der Waals surface area contributed by atoms with Crippen molar-refractivity contribution >= 4 is 17.6 Å². The minimum Gasteiger partial charge on any atom is -0.481 e. The predicted molar refractivity (Wildman–Crippen MR) is 56.7 cm³/mol. The Labute approximate surface area is 88.5 Å². The first kappa shape index (κ1) is 11.1. The predicted octanol–water partition coefficient (Wildman–Crippen LogP) is 3.31. The summed E-state index contributed by atoms with van der Waals surface area (Å²) < 4.78 is 0. The minimum absolute atomic E-state index is 0.187.